The molecule has 0 amide bonds. The van der Waals surface area contributed by atoms with Crippen molar-refractivity contribution in [3.8, 4) is 0 Å². The fourth-order valence-corrected chi connectivity index (χ4v) is 2.99. The lowest BCUT2D eigenvalue weighted by molar-refractivity contribution is 0.0984. The third kappa shape index (κ3) is 2.08. The van der Waals surface area contributed by atoms with Gasteiger partial charge in [-0.1, -0.05) is 11.6 Å². The number of carbonyl (C=O) groups is 1. The quantitative estimate of drug-likeness (QED) is 0.699. The Morgan fingerprint density at radius 2 is 2.35 bits per heavy atom. The first kappa shape index (κ1) is 13.1. The first-order valence-electron chi connectivity index (χ1n) is 6.38. The van der Waals surface area contributed by atoms with Gasteiger partial charge in [0.05, 0.1) is 10.7 Å². The number of aromatic nitrogens is 2. The highest BCUT2D eigenvalue weighted by Crippen LogP contribution is 2.35. The molecule has 3 rings (SSSR count). The molecule has 0 atom stereocenters. The van der Waals surface area contributed by atoms with Crippen LogP contribution in [0.25, 0.3) is 0 Å². The number of halogens is 2. The molecule has 2 aromatic heterocycles. The monoisotopic (exact) mass is 293 g/mol. The molecule has 4 nitrogen and oxygen atoms in total. The molecule has 0 spiro atoms. The molecule has 1 aliphatic rings. The van der Waals surface area contributed by atoms with Crippen LogP contribution in [0.2, 0.25) is 5.02 Å². The van der Waals surface area contributed by atoms with Crippen LogP contribution < -0.4 is 5.73 Å². The van der Waals surface area contributed by atoms with Crippen molar-refractivity contribution < 1.29 is 9.18 Å². The molecule has 0 radical (unpaired) electrons. The highest BCUT2D eigenvalue weighted by molar-refractivity contribution is 6.36. The third-order valence-corrected chi connectivity index (χ3v) is 3.95. The van der Waals surface area contributed by atoms with E-state index in [1.165, 1.54) is 12.3 Å². The second-order valence-corrected chi connectivity index (χ2v) is 5.24. The number of hydrogen-bond donors (Lipinski definition) is 1. The van der Waals surface area contributed by atoms with E-state index >= 15 is 0 Å². The van der Waals surface area contributed by atoms with Crippen LogP contribution in [0.15, 0.2) is 18.3 Å². The van der Waals surface area contributed by atoms with Crippen LogP contribution in [0.3, 0.4) is 0 Å². The zero-order valence-corrected chi connectivity index (χ0v) is 11.5. The van der Waals surface area contributed by atoms with Gasteiger partial charge < -0.3 is 10.3 Å². The lowest BCUT2D eigenvalue weighted by Gasteiger charge is -2.06. The van der Waals surface area contributed by atoms with E-state index in [4.69, 9.17) is 17.3 Å². The van der Waals surface area contributed by atoms with Gasteiger partial charge in [-0.15, -0.1) is 0 Å². The van der Waals surface area contributed by atoms with Gasteiger partial charge in [0.1, 0.15) is 5.69 Å². The zero-order valence-electron chi connectivity index (χ0n) is 10.7. The van der Waals surface area contributed by atoms with Gasteiger partial charge in [0.25, 0.3) is 0 Å². The molecule has 0 saturated carbocycles. The summed E-state index contributed by atoms with van der Waals surface area (Å²) >= 11 is 6.17. The summed E-state index contributed by atoms with van der Waals surface area (Å²) in [6.45, 7) is 0.748. The Hall–Kier alpha value is -1.88. The Labute approximate surface area is 120 Å². The lowest BCUT2D eigenvalue weighted by Crippen LogP contribution is -2.11. The van der Waals surface area contributed by atoms with Gasteiger partial charge in [0, 0.05) is 24.9 Å². The Morgan fingerprint density at radius 3 is 3.10 bits per heavy atom. The van der Waals surface area contributed by atoms with E-state index in [2.05, 4.69) is 4.98 Å². The van der Waals surface area contributed by atoms with E-state index in [0.29, 0.717) is 22.0 Å². The molecule has 0 bridgehead atoms. The van der Waals surface area contributed by atoms with Crippen molar-refractivity contribution in [2.24, 2.45) is 0 Å². The summed E-state index contributed by atoms with van der Waals surface area (Å²) in [5.41, 5.74) is 8.37. The number of ketones is 1. The highest BCUT2D eigenvalue weighted by atomic mass is 35.5. The summed E-state index contributed by atoms with van der Waals surface area (Å²) in [5, 5.41) is 0.319. The van der Waals surface area contributed by atoms with Crippen LogP contribution >= 0.6 is 11.6 Å². The van der Waals surface area contributed by atoms with Crippen molar-refractivity contribution in [3.05, 3.63) is 46.3 Å². The minimum Gasteiger partial charge on any atom is -0.396 e. The number of fused-ring (bicyclic) bond motifs is 1. The number of Topliss-reactive ketones (excluding diaryl/α,β-unsaturated/α-hetero) is 1. The molecule has 0 aliphatic carbocycles. The largest absolute Gasteiger partial charge is 0.396 e. The molecule has 104 valence electrons. The number of pyridine rings is 1. The molecule has 0 aromatic carbocycles. The zero-order chi connectivity index (χ0) is 14.3. The molecule has 6 heteroatoms. The van der Waals surface area contributed by atoms with Gasteiger partial charge in [-0.05, 0) is 30.5 Å². The van der Waals surface area contributed by atoms with E-state index in [9.17, 15) is 9.18 Å². The first-order chi connectivity index (χ1) is 9.58. The predicted octanol–water partition coefficient (Wildman–Crippen LogP) is 2.63. The van der Waals surface area contributed by atoms with Crippen molar-refractivity contribution >= 4 is 23.1 Å². The molecule has 2 aromatic rings. The Balaban J connectivity index is 1.94. The molecule has 20 heavy (non-hydrogen) atoms. The standard InChI is InChI=1S/C14H13ClFN3O/c15-12-13(17)9-2-1-5-19(9)14(12)10(20)6-8-3-4-18-11(16)7-8/h3-4,7H,1-2,5-6,17H2. The topological polar surface area (TPSA) is 60.9 Å². The molecular formula is C14H13ClFN3O. The first-order valence-corrected chi connectivity index (χ1v) is 6.75. The molecule has 0 fully saturated rings. The van der Waals surface area contributed by atoms with E-state index < -0.39 is 5.95 Å². The number of nitrogen functional groups attached to an aromatic ring is 1. The van der Waals surface area contributed by atoms with Crippen LogP contribution in [-0.4, -0.2) is 15.3 Å². The number of nitrogens with two attached hydrogens (primary N) is 1. The van der Waals surface area contributed by atoms with Gasteiger partial charge in [-0.2, -0.15) is 4.39 Å². The van der Waals surface area contributed by atoms with Gasteiger partial charge in [0.15, 0.2) is 5.78 Å². The molecule has 3 heterocycles. The number of carbonyl (C=O) groups excluding carboxylic acids is 1. The summed E-state index contributed by atoms with van der Waals surface area (Å²) in [6.07, 6.45) is 3.22. The summed E-state index contributed by atoms with van der Waals surface area (Å²) in [4.78, 5) is 15.9. The van der Waals surface area contributed by atoms with E-state index in [1.54, 1.807) is 6.07 Å². The second kappa shape index (κ2) is 4.90. The minimum atomic E-state index is -0.596. The highest BCUT2D eigenvalue weighted by Gasteiger charge is 2.27. The Kier molecular flexibility index (Phi) is 3.22. The number of rotatable bonds is 3. The van der Waals surface area contributed by atoms with Crippen LogP contribution in [0.5, 0.6) is 0 Å². The normalized spacial score (nSPS) is 13.5. The van der Waals surface area contributed by atoms with Crippen LogP contribution in [0, 0.1) is 5.95 Å². The van der Waals surface area contributed by atoms with Gasteiger partial charge in [-0.3, -0.25) is 4.79 Å². The second-order valence-electron chi connectivity index (χ2n) is 4.86. The summed E-state index contributed by atoms with van der Waals surface area (Å²) < 4.78 is 14.9. The maximum Gasteiger partial charge on any atom is 0.213 e. The van der Waals surface area contributed by atoms with Crippen LogP contribution in [0.1, 0.15) is 28.2 Å². The summed E-state index contributed by atoms with van der Waals surface area (Å²) in [5.74, 6) is -0.748. The molecule has 0 unspecified atom stereocenters. The summed E-state index contributed by atoms with van der Waals surface area (Å²) in [7, 11) is 0. The maximum absolute atomic E-state index is 13.0. The lowest BCUT2D eigenvalue weighted by atomic mass is 10.1. The summed E-state index contributed by atoms with van der Waals surface area (Å²) in [6, 6.07) is 2.87. The number of nitrogens with zero attached hydrogens (tertiary/aromatic N) is 2. The van der Waals surface area contributed by atoms with Crippen molar-refractivity contribution in [1.82, 2.24) is 9.55 Å². The van der Waals surface area contributed by atoms with Crippen molar-refractivity contribution in [3.63, 3.8) is 0 Å². The number of hydrogen-bond acceptors (Lipinski definition) is 3. The minimum absolute atomic E-state index is 0.0854. The van der Waals surface area contributed by atoms with Crippen LogP contribution in [0.4, 0.5) is 10.1 Å². The Morgan fingerprint density at radius 1 is 1.55 bits per heavy atom. The molecule has 0 saturated heterocycles. The van der Waals surface area contributed by atoms with Crippen molar-refractivity contribution in [2.75, 3.05) is 5.73 Å². The molecule has 2 N–H and O–H groups in total. The van der Waals surface area contributed by atoms with E-state index in [1.807, 2.05) is 4.57 Å². The molecule has 1 aliphatic heterocycles. The van der Waals surface area contributed by atoms with Crippen LogP contribution in [-0.2, 0) is 19.4 Å². The SMILES string of the molecule is Nc1c(Cl)c(C(=O)Cc2ccnc(F)c2)n2c1CCC2. The number of anilines is 1. The molecular weight excluding hydrogens is 281 g/mol. The fourth-order valence-electron chi connectivity index (χ4n) is 2.67. The van der Waals surface area contributed by atoms with E-state index in [-0.39, 0.29) is 12.2 Å². The van der Waals surface area contributed by atoms with Crippen molar-refractivity contribution in [1.29, 1.82) is 0 Å². The van der Waals surface area contributed by atoms with Gasteiger partial charge >= 0.3 is 0 Å². The predicted molar refractivity (Wildman–Crippen MR) is 74.4 cm³/mol. The average Bonchev–Trinajstić information content (AvgIpc) is 2.94. The van der Waals surface area contributed by atoms with E-state index in [0.717, 1.165) is 25.1 Å². The van der Waals surface area contributed by atoms with Gasteiger partial charge in [0.2, 0.25) is 5.95 Å². The average molecular weight is 294 g/mol. The maximum atomic E-state index is 13.0. The van der Waals surface area contributed by atoms with Gasteiger partial charge in [-0.25, -0.2) is 4.98 Å². The fraction of sp³-hybridized carbons (Fsp3) is 0.286. The smallest absolute Gasteiger partial charge is 0.213 e. The third-order valence-electron chi connectivity index (χ3n) is 3.57. The van der Waals surface area contributed by atoms with Crippen molar-refractivity contribution in [2.45, 2.75) is 25.8 Å². The Bertz CT molecular complexity index is 696.